The molecule has 0 saturated heterocycles. The first-order valence-corrected chi connectivity index (χ1v) is 6.58. The molecule has 2 atom stereocenters. The molecule has 0 bridgehead atoms. The molecule has 1 aromatic carbocycles. The molecule has 20 heavy (non-hydrogen) atoms. The molecule has 0 aliphatic carbocycles. The minimum atomic E-state index is -1.33. The van der Waals surface area contributed by atoms with Crippen LogP contribution in [0.3, 0.4) is 0 Å². The van der Waals surface area contributed by atoms with E-state index in [1.165, 1.54) is 0 Å². The van der Waals surface area contributed by atoms with Crippen LogP contribution in [0.4, 0.5) is 0 Å². The van der Waals surface area contributed by atoms with E-state index >= 15 is 0 Å². The van der Waals surface area contributed by atoms with E-state index in [9.17, 15) is 14.7 Å². The van der Waals surface area contributed by atoms with Crippen LogP contribution in [0.25, 0.3) is 0 Å². The lowest BCUT2D eigenvalue weighted by Gasteiger charge is -2.23. The Kier molecular flexibility index (Phi) is 6.18. The first kappa shape index (κ1) is 16.2. The summed E-state index contributed by atoms with van der Waals surface area (Å²) in [6, 6.07) is 9.30. The summed E-state index contributed by atoms with van der Waals surface area (Å²) < 4.78 is 5.14. The monoisotopic (exact) mass is 279 g/mol. The van der Waals surface area contributed by atoms with Crippen molar-refractivity contribution in [2.75, 3.05) is 0 Å². The first-order chi connectivity index (χ1) is 9.41. The van der Waals surface area contributed by atoms with Crippen molar-refractivity contribution < 1.29 is 19.4 Å². The van der Waals surface area contributed by atoms with Crippen molar-refractivity contribution in [2.24, 2.45) is 17.6 Å². The van der Waals surface area contributed by atoms with Crippen LogP contribution in [0.2, 0.25) is 0 Å². The minimum absolute atomic E-state index is 0.0331. The van der Waals surface area contributed by atoms with Gasteiger partial charge in [0.2, 0.25) is 5.91 Å². The molecule has 0 heterocycles. The molecule has 0 radical (unpaired) electrons. The summed E-state index contributed by atoms with van der Waals surface area (Å²) in [7, 11) is 0. The number of aliphatic hydroxyl groups excluding tert-OH is 1. The molecule has 2 unspecified atom stereocenters. The number of aliphatic hydroxyl groups is 1. The zero-order valence-corrected chi connectivity index (χ0v) is 11.8. The number of carbonyl (C=O) groups excluding carboxylic acids is 2. The number of benzene rings is 1. The van der Waals surface area contributed by atoms with Crippen LogP contribution in [0.5, 0.6) is 0 Å². The van der Waals surface area contributed by atoms with Gasteiger partial charge in [-0.1, -0.05) is 44.2 Å². The van der Waals surface area contributed by atoms with Gasteiger partial charge in [-0.2, -0.15) is 0 Å². The molecule has 0 aromatic heterocycles. The molecule has 5 nitrogen and oxygen atoms in total. The Bertz CT molecular complexity index is 444. The second-order valence-electron chi connectivity index (χ2n) is 5.11. The van der Waals surface area contributed by atoms with Crippen molar-refractivity contribution in [3.05, 3.63) is 35.9 Å². The van der Waals surface area contributed by atoms with E-state index in [1.54, 1.807) is 0 Å². The molecule has 1 amide bonds. The first-order valence-electron chi connectivity index (χ1n) is 6.58. The Hall–Kier alpha value is -1.88. The summed E-state index contributed by atoms with van der Waals surface area (Å²) in [5, 5.41) is 9.71. The maximum atomic E-state index is 11.8. The predicted molar refractivity (Wildman–Crippen MR) is 74.4 cm³/mol. The van der Waals surface area contributed by atoms with Crippen molar-refractivity contribution in [3.63, 3.8) is 0 Å². The van der Waals surface area contributed by atoms with E-state index < -0.39 is 23.9 Å². The van der Waals surface area contributed by atoms with E-state index in [0.29, 0.717) is 0 Å². The lowest BCUT2D eigenvalue weighted by molar-refractivity contribution is -0.148. The molecule has 5 heteroatoms. The van der Waals surface area contributed by atoms with Crippen LogP contribution < -0.4 is 5.73 Å². The van der Waals surface area contributed by atoms with Gasteiger partial charge >= 0.3 is 5.97 Å². The lowest BCUT2D eigenvalue weighted by Crippen LogP contribution is -2.39. The normalized spacial score (nSPS) is 13.8. The highest BCUT2D eigenvalue weighted by Gasteiger charge is 2.29. The number of hydrogen-bond acceptors (Lipinski definition) is 4. The second-order valence-corrected chi connectivity index (χ2v) is 5.11. The maximum absolute atomic E-state index is 11.8. The molecular formula is C15H21NO4. The summed E-state index contributed by atoms with van der Waals surface area (Å²) in [6.45, 7) is 3.82. The van der Waals surface area contributed by atoms with E-state index in [0.717, 1.165) is 5.56 Å². The summed E-state index contributed by atoms with van der Waals surface area (Å²) in [4.78, 5) is 22.8. The second kappa shape index (κ2) is 7.65. The van der Waals surface area contributed by atoms with Gasteiger partial charge < -0.3 is 15.6 Å². The van der Waals surface area contributed by atoms with Crippen LogP contribution in [-0.2, 0) is 20.9 Å². The average molecular weight is 279 g/mol. The highest BCUT2D eigenvalue weighted by molar-refractivity contribution is 5.80. The van der Waals surface area contributed by atoms with Crippen LogP contribution in [0, 0.1) is 11.8 Å². The molecule has 110 valence electrons. The summed E-state index contributed by atoms with van der Waals surface area (Å²) in [5.41, 5.74) is 5.96. The molecule has 0 saturated carbocycles. The predicted octanol–water partition coefficient (Wildman–Crippen LogP) is 1.24. The molecule has 0 aliphatic rings. The van der Waals surface area contributed by atoms with Gasteiger partial charge in [-0.3, -0.25) is 9.59 Å². The van der Waals surface area contributed by atoms with Gasteiger partial charge in [-0.15, -0.1) is 0 Å². The number of rotatable bonds is 7. The number of nitrogens with two attached hydrogens (primary N) is 1. The van der Waals surface area contributed by atoms with Crippen LogP contribution >= 0.6 is 0 Å². The van der Waals surface area contributed by atoms with Gasteiger partial charge in [-0.25, -0.2) is 0 Å². The third-order valence-electron chi connectivity index (χ3n) is 3.20. The number of carbonyl (C=O) groups is 2. The van der Waals surface area contributed by atoms with Crippen molar-refractivity contribution in [2.45, 2.75) is 33.0 Å². The summed E-state index contributed by atoms with van der Waals surface area (Å²) >= 11 is 0. The van der Waals surface area contributed by atoms with Crippen LogP contribution in [0.15, 0.2) is 30.3 Å². The third-order valence-corrected chi connectivity index (χ3v) is 3.20. The van der Waals surface area contributed by atoms with E-state index in [1.807, 2.05) is 44.2 Å². The molecule has 0 spiro atoms. The number of ether oxygens (including phenoxy) is 1. The minimum Gasteiger partial charge on any atom is -0.461 e. The van der Waals surface area contributed by atoms with Crippen molar-refractivity contribution in [1.82, 2.24) is 0 Å². The number of hydrogen-bond donors (Lipinski definition) is 2. The van der Waals surface area contributed by atoms with E-state index in [4.69, 9.17) is 10.5 Å². The third kappa shape index (κ3) is 5.01. The van der Waals surface area contributed by atoms with E-state index in [-0.39, 0.29) is 18.9 Å². The van der Waals surface area contributed by atoms with E-state index in [2.05, 4.69) is 0 Å². The largest absolute Gasteiger partial charge is 0.461 e. The zero-order valence-electron chi connectivity index (χ0n) is 11.8. The summed E-state index contributed by atoms with van der Waals surface area (Å²) in [6.07, 6.45) is -1.37. The molecule has 0 aliphatic heterocycles. The molecule has 1 rings (SSSR count). The quantitative estimate of drug-likeness (QED) is 0.735. The zero-order chi connectivity index (χ0) is 15.1. The Balaban J connectivity index is 2.52. The van der Waals surface area contributed by atoms with Crippen molar-refractivity contribution in [1.29, 1.82) is 0 Å². The Morgan fingerprint density at radius 1 is 1.25 bits per heavy atom. The molecule has 1 aromatic rings. The van der Waals surface area contributed by atoms with Gasteiger partial charge in [0.1, 0.15) is 12.7 Å². The Labute approximate surface area is 118 Å². The fourth-order valence-corrected chi connectivity index (χ4v) is 1.91. The Morgan fingerprint density at radius 2 is 1.85 bits per heavy atom. The summed E-state index contributed by atoms with van der Waals surface area (Å²) in [5.74, 6) is -1.86. The van der Waals surface area contributed by atoms with Crippen molar-refractivity contribution in [3.8, 4) is 0 Å². The topological polar surface area (TPSA) is 89.6 Å². The van der Waals surface area contributed by atoms with Gasteiger partial charge in [0.05, 0.1) is 6.42 Å². The standard InChI is InChI=1S/C15H21NO4/c1-10(2)12(14(18)15(16)19)8-13(17)20-9-11-6-4-3-5-7-11/h3-7,10,12,14,18H,8-9H2,1-2H3,(H2,16,19). The SMILES string of the molecule is CC(C)C(CC(=O)OCc1ccccc1)C(O)C(N)=O. The fraction of sp³-hybridized carbons (Fsp3) is 0.467. The average Bonchev–Trinajstić information content (AvgIpc) is 2.42. The highest BCUT2D eigenvalue weighted by atomic mass is 16.5. The molecule has 3 N–H and O–H groups in total. The van der Waals surface area contributed by atoms with Gasteiger partial charge in [0, 0.05) is 5.92 Å². The molecule has 0 fully saturated rings. The smallest absolute Gasteiger partial charge is 0.306 e. The number of esters is 1. The van der Waals surface area contributed by atoms with Gasteiger partial charge in [-0.05, 0) is 11.5 Å². The maximum Gasteiger partial charge on any atom is 0.306 e. The van der Waals surface area contributed by atoms with Crippen molar-refractivity contribution >= 4 is 11.9 Å². The van der Waals surface area contributed by atoms with Crippen LogP contribution in [-0.4, -0.2) is 23.1 Å². The van der Waals surface area contributed by atoms with Gasteiger partial charge in [0.15, 0.2) is 0 Å². The number of amides is 1. The Morgan fingerprint density at radius 3 is 2.35 bits per heavy atom. The number of primary amides is 1. The highest BCUT2D eigenvalue weighted by Crippen LogP contribution is 2.20. The molecular weight excluding hydrogens is 258 g/mol. The van der Waals surface area contributed by atoms with Crippen LogP contribution in [0.1, 0.15) is 25.8 Å². The lowest BCUT2D eigenvalue weighted by atomic mass is 9.87. The fourth-order valence-electron chi connectivity index (χ4n) is 1.91. The van der Waals surface area contributed by atoms with Gasteiger partial charge in [0.25, 0.3) is 0 Å².